The van der Waals surface area contributed by atoms with Crippen molar-refractivity contribution in [3.05, 3.63) is 18.5 Å². The van der Waals surface area contributed by atoms with Crippen LogP contribution in [0.2, 0.25) is 0 Å². The summed E-state index contributed by atoms with van der Waals surface area (Å²) in [6.45, 7) is 12.2. The van der Waals surface area contributed by atoms with Gasteiger partial charge in [-0.1, -0.05) is 13.3 Å². The van der Waals surface area contributed by atoms with Crippen molar-refractivity contribution in [1.82, 2.24) is 25.5 Å². The zero-order valence-corrected chi connectivity index (χ0v) is 20.9. The summed E-state index contributed by atoms with van der Waals surface area (Å²) in [5.41, 5.74) is 0. The third-order valence-electron chi connectivity index (χ3n) is 5.24. The molecule has 0 spiro atoms. The summed E-state index contributed by atoms with van der Waals surface area (Å²) >= 11 is 0. The summed E-state index contributed by atoms with van der Waals surface area (Å²) in [6, 6.07) is 1.86. The van der Waals surface area contributed by atoms with Gasteiger partial charge >= 0.3 is 0 Å². The second-order valence-corrected chi connectivity index (χ2v) is 7.54. The molecule has 1 aromatic heterocycles. The van der Waals surface area contributed by atoms with Gasteiger partial charge in [0.25, 0.3) is 0 Å². The number of halogens is 1. The lowest BCUT2D eigenvalue weighted by Gasteiger charge is -2.34. The second-order valence-electron chi connectivity index (χ2n) is 7.54. The predicted molar refractivity (Wildman–Crippen MR) is 135 cm³/mol. The third kappa shape index (κ3) is 10.2. The fourth-order valence-corrected chi connectivity index (χ4v) is 3.62. The number of nitrogens with one attached hydrogen (secondary N) is 2. The summed E-state index contributed by atoms with van der Waals surface area (Å²) < 4.78 is 0. The van der Waals surface area contributed by atoms with Gasteiger partial charge in [-0.25, -0.2) is 9.97 Å². The molecule has 0 aromatic carbocycles. The molecule has 0 amide bonds. The van der Waals surface area contributed by atoms with Gasteiger partial charge in [-0.15, -0.1) is 24.0 Å². The monoisotopic (exact) mass is 533 g/mol. The van der Waals surface area contributed by atoms with Gasteiger partial charge in [-0.2, -0.15) is 0 Å². The van der Waals surface area contributed by atoms with Crippen LogP contribution in [0.25, 0.3) is 0 Å². The molecule has 30 heavy (non-hydrogen) atoms. The highest BCUT2D eigenvalue weighted by atomic mass is 127. The van der Waals surface area contributed by atoms with E-state index >= 15 is 0 Å². The Morgan fingerprint density at radius 3 is 2.50 bits per heavy atom. The summed E-state index contributed by atoms with van der Waals surface area (Å²) in [6.07, 6.45) is 7.77. The maximum atomic E-state index is 9.22. The lowest BCUT2D eigenvalue weighted by Crippen LogP contribution is -2.47. The van der Waals surface area contributed by atoms with E-state index in [0.29, 0.717) is 5.92 Å². The van der Waals surface area contributed by atoms with Crippen molar-refractivity contribution >= 4 is 35.9 Å². The smallest absolute Gasteiger partial charge is 0.225 e. The van der Waals surface area contributed by atoms with Crippen molar-refractivity contribution in [3.63, 3.8) is 0 Å². The Morgan fingerprint density at radius 1 is 1.13 bits per heavy atom. The topological polar surface area (TPSA) is 88.9 Å². The number of piperazine rings is 1. The largest absolute Gasteiger partial charge is 0.396 e. The molecule has 172 valence electrons. The maximum Gasteiger partial charge on any atom is 0.225 e. The first-order valence-corrected chi connectivity index (χ1v) is 11.1. The number of guanidine groups is 1. The Balaban J connectivity index is 0.00000450. The number of nitrogens with zero attached hydrogens (tertiary/aromatic N) is 5. The number of hydrogen-bond acceptors (Lipinski definition) is 6. The lowest BCUT2D eigenvalue weighted by atomic mass is 10.0. The molecular weight excluding hydrogens is 493 g/mol. The minimum absolute atomic E-state index is 0. The number of rotatable bonds is 12. The molecule has 0 aliphatic carbocycles. The van der Waals surface area contributed by atoms with Crippen LogP contribution in [-0.4, -0.2) is 84.9 Å². The number of hydrogen-bond donors (Lipinski definition) is 3. The van der Waals surface area contributed by atoms with Crippen LogP contribution in [0.15, 0.2) is 23.5 Å². The minimum Gasteiger partial charge on any atom is -0.396 e. The fourth-order valence-electron chi connectivity index (χ4n) is 3.62. The van der Waals surface area contributed by atoms with Crippen molar-refractivity contribution in [3.8, 4) is 0 Å². The number of aromatic nitrogens is 2. The molecular formula is C21H40IN7O. The van der Waals surface area contributed by atoms with Crippen LogP contribution in [0.3, 0.4) is 0 Å². The van der Waals surface area contributed by atoms with Crippen molar-refractivity contribution in [2.75, 3.05) is 63.9 Å². The molecule has 2 heterocycles. The quantitative estimate of drug-likeness (QED) is 0.164. The molecule has 0 saturated carbocycles. The molecule has 1 aliphatic heterocycles. The first kappa shape index (κ1) is 26.8. The van der Waals surface area contributed by atoms with Gasteiger partial charge in [0.2, 0.25) is 5.95 Å². The fraction of sp³-hybridized carbons (Fsp3) is 0.762. The van der Waals surface area contributed by atoms with E-state index in [9.17, 15) is 5.11 Å². The number of anilines is 1. The molecule has 9 heteroatoms. The van der Waals surface area contributed by atoms with Gasteiger partial charge in [0.1, 0.15) is 0 Å². The third-order valence-corrected chi connectivity index (χ3v) is 5.24. The van der Waals surface area contributed by atoms with Crippen LogP contribution in [0.1, 0.15) is 39.5 Å². The molecule has 0 radical (unpaired) electrons. The Morgan fingerprint density at radius 2 is 1.87 bits per heavy atom. The summed E-state index contributed by atoms with van der Waals surface area (Å²) in [4.78, 5) is 18.2. The second kappa shape index (κ2) is 16.5. The van der Waals surface area contributed by atoms with Crippen molar-refractivity contribution in [2.24, 2.45) is 10.9 Å². The lowest BCUT2D eigenvalue weighted by molar-refractivity contribution is 0.253. The van der Waals surface area contributed by atoms with Gasteiger partial charge in [-0.3, -0.25) is 9.89 Å². The van der Waals surface area contributed by atoms with E-state index in [-0.39, 0.29) is 30.6 Å². The molecule has 1 aliphatic rings. The molecule has 1 unspecified atom stereocenters. The van der Waals surface area contributed by atoms with Gasteiger partial charge in [0, 0.05) is 64.8 Å². The molecule has 1 aromatic rings. The van der Waals surface area contributed by atoms with Crippen LogP contribution < -0.4 is 15.5 Å². The van der Waals surface area contributed by atoms with Crippen molar-refractivity contribution < 1.29 is 5.11 Å². The predicted octanol–water partition coefficient (Wildman–Crippen LogP) is 1.96. The van der Waals surface area contributed by atoms with E-state index in [0.717, 1.165) is 89.9 Å². The Hall–Kier alpha value is -1.20. The number of aliphatic hydroxyl groups excluding tert-OH is 1. The number of aliphatic imine (C=N–C) groups is 1. The van der Waals surface area contributed by atoms with Crippen LogP contribution >= 0.6 is 24.0 Å². The van der Waals surface area contributed by atoms with Gasteiger partial charge in [-0.05, 0) is 44.7 Å². The zero-order valence-electron chi connectivity index (χ0n) is 18.6. The first-order valence-electron chi connectivity index (χ1n) is 11.1. The average Bonchev–Trinajstić information content (AvgIpc) is 2.76. The Labute approximate surface area is 199 Å². The normalized spacial score (nSPS) is 16.1. The van der Waals surface area contributed by atoms with Crippen molar-refractivity contribution in [2.45, 2.75) is 39.5 Å². The molecule has 1 saturated heterocycles. The highest BCUT2D eigenvalue weighted by molar-refractivity contribution is 14.0. The average molecular weight is 534 g/mol. The van der Waals surface area contributed by atoms with Gasteiger partial charge in [0.05, 0.1) is 0 Å². The molecule has 2 rings (SSSR count). The van der Waals surface area contributed by atoms with E-state index in [1.165, 1.54) is 0 Å². The minimum atomic E-state index is 0. The molecule has 3 N–H and O–H groups in total. The van der Waals surface area contributed by atoms with Crippen LogP contribution in [0.4, 0.5) is 5.95 Å². The van der Waals surface area contributed by atoms with Gasteiger partial charge < -0.3 is 20.6 Å². The zero-order chi connectivity index (χ0) is 20.7. The van der Waals surface area contributed by atoms with Gasteiger partial charge in [0.15, 0.2) is 5.96 Å². The summed E-state index contributed by atoms with van der Waals surface area (Å²) in [5.74, 6) is 2.19. The van der Waals surface area contributed by atoms with Crippen molar-refractivity contribution in [1.29, 1.82) is 0 Å². The maximum absolute atomic E-state index is 9.22. The number of aliphatic hydroxyl groups is 1. The van der Waals surface area contributed by atoms with E-state index in [1.54, 1.807) is 12.4 Å². The van der Waals surface area contributed by atoms with Crippen LogP contribution in [0, 0.1) is 5.92 Å². The molecule has 1 fully saturated rings. The standard InChI is InChI=1S/C21H39N7O.HI/c1-3-7-19(8-17-29)18-26-20(22-4-2)23-11-6-12-27-13-15-28(16-14-27)21-24-9-5-10-25-21;/h5,9-10,19,29H,3-4,6-8,11-18H2,1-2H3,(H2,22,23,26);1H. The summed E-state index contributed by atoms with van der Waals surface area (Å²) in [5, 5.41) is 16.0. The van der Waals surface area contributed by atoms with Crippen LogP contribution in [0.5, 0.6) is 0 Å². The Bertz CT molecular complexity index is 562. The molecule has 0 bridgehead atoms. The Kier molecular flexibility index (Phi) is 14.7. The highest BCUT2D eigenvalue weighted by Crippen LogP contribution is 2.11. The SMILES string of the molecule is CCCC(CCO)CN=C(NCC)NCCCN1CCN(c2ncccn2)CC1.I. The molecule has 8 nitrogen and oxygen atoms in total. The first-order chi connectivity index (χ1) is 14.3. The van der Waals surface area contributed by atoms with E-state index in [1.807, 2.05) is 6.07 Å². The highest BCUT2D eigenvalue weighted by Gasteiger charge is 2.18. The van der Waals surface area contributed by atoms with E-state index in [2.05, 4.69) is 44.2 Å². The van der Waals surface area contributed by atoms with Crippen LogP contribution in [-0.2, 0) is 0 Å². The summed E-state index contributed by atoms with van der Waals surface area (Å²) in [7, 11) is 0. The van der Waals surface area contributed by atoms with E-state index in [4.69, 9.17) is 4.99 Å². The van der Waals surface area contributed by atoms with E-state index < -0.39 is 0 Å². The molecule has 1 atom stereocenters.